The second-order valence-corrected chi connectivity index (χ2v) is 4.10. The van der Waals surface area contributed by atoms with Gasteiger partial charge in [0.1, 0.15) is 0 Å². The van der Waals surface area contributed by atoms with Crippen LogP contribution in [0.3, 0.4) is 0 Å². The first-order chi connectivity index (χ1) is 7.19. The van der Waals surface area contributed by atoms with Gasteiger partial charge in [0.15, 0.2) is 5.96 Å². The van der Waals surface area contributed by atoms with E-state index in [1.165, 1.54) is 5.56 Å². The first-order valence-electron chi connectivity index (χ1n) is 4.78. The molecule has 0 aliphatic rings. The van der Waals surface area contributed by atoms with E-state index < -0.39 is 0 Å². The van der Waals surface area contributed by atoms with E-state index in [-0.39, 0.29) is 24.0 Å². The third kappa shape index (κ3) is 4.29. The zero-order valence-corrected chi connectivity index (χ0v) is 13.6. The summed E-state index contributed by atoms with van der Waals surface area (Å²) in [6.45, 7) is 0.828. The molecule has 0 saturated carbocycles. The van der Waals surface area contributed by atoms with E-state index in [1.807, 2.05) is 32.3 Å². The largest absolute Gasteiger partial charge is 0.359 e. The summed E-state index contributed by atoms with van der Waals surface area (Å²) >= 11 is 3.53. The number of guanidine groups is 1. The Kier molecular flexibility index (Phi) is 7.74. The predicted molar refractivity (Wildman–Crippen MR) is 83.4 cm³/mol. The Balaban J connectivity index is 0.00000225. The summed E-state index contributed by atoms with van der Waals surface area (Å²) < 4.78 is 1.13. The molecule has 0 fully saturated rings. The molecule has 5 heteroatoms. The molecule has 90 valence electrons. The summed E-state index contributed by atoms with van der Waals surface area (Å²) in [5.74, 6) is 0.880. The Labute approximate surface area is 122 Å². The normalized spacial score (nSPS) is 10.6. The Bertz CT molecular complexity index is 355. The van der Waals surface area contributed by atoms with Crippen molar-refractivity contribution in [3.63, 3.8) is 0 Å². The van der Waals surface area contributed by atoms with Gasteiger partial charge in [0, 0.05) is 32.2 Å². The van der Waals surface area contributed by atoms with Crippen LogP contribution in [0.2, 0.25) is 0 Å². The molecule has 0 aliphatic heterocycles. The quantitative estimate of drug-likeness (QED) is 0.472. The van der Waals surface area contributed by atoms with E-state index in [0.29, 0.717) is 0 Å². The molecular weight excluding hydrogens is 381 g/mol. The van der Waals surface area contributed by atoms with Gasteiger partial charge in [-0.1, -0.05) is 34.1 Å². The molecule has 0 spiro atoms. The van der Waals surface area contributed by atoms with Crippen LogP contribution in [0.15, 0.2) is 33.7 Å². The number of halogens is 2. The summed E-state index contributed by atoms with van der Waals surface area (Å²) in [5.41, 5.74) is 1.25. The van der Waals surface area contributed by atoms with E-state index in [0.717, 1.165) is 17.0 Å². The lowest BCUT2D eigenvalue weighted by Gasteiger charge is -2.21. The number of benzene rings is 1. The molecular formula is C11H17BrIN3. The maximum Gasteiger partial charge on any atom is 0.193 e. The van der Waals surface area contributed by atoms with Gasteiger partial charge in [-0.25, -0.2) is 0 Å². The van der Waals surface area contributed by atoms with Crippen molar-refractivity contribution in [2.24, 2.45) is 4.99 Å². The highest BCUT2D eigenvalue weighted by Crippen LogP contribution is 2.17. The van der Waals surface area contributed by atoms with Crippen molar-refractivity contribution in [3.05, 3.63) is 34.3 Å². The van der Waals surface area contributed by atoms with Crippen LogP contribution >= 0.6 is 39.9 Å². The molecule has 0 saturated heterocycles. The fourth-order valence-electron chi connectivity index (χ4n) is 1.43. The fourth-order valence-corrected chi connectivity index (χ4v) is 1.84. The fraction of sp³-hybridized carbons (Fsp3) is 0.364. The van der Waals surface area contributed by atoms with Crippen molar-refractivity contribution in [3.8, 4) is 0 Å². The first-order valence-corrected chi connectivity index (χ1v) is 5.57. The van der Waals surface area contributed by atoms with Gasteiger partial charge in [0.05, 0.1) is 0 Å². The molecule has 1 rings (SSSR count). The molecule has 3 nitrogen and oxygen atoms in total. The van der Waals surface area contributed by atoms with Gasteiger partial charge in [-0.3, -0.25) is 4.99 Å². The molecule has 0 bridgehead atoms. The minimum atomic E-state index is 0. The maximum absolute atomic E-state index is 4.15. The van der Waals surface area contributed by atoms with Crippen molar-refractivity contribution < 1.29 is 0 Å². The smallest absolute Gasteiger partial charge is 0.193 e. The summed E-state index contributed by atoms with van der Waals surface area (Å²) in [7, 11) is 5.67. The molecule has 0 aliphatic carbocycles. The minimum Gasteiger partial charge on any atom is -0.359 e. The lowest BCUT2D eigenvalue weighted by Crippen LogP contribution is -2.36. The monoisotopic (exact) mass is 397 g/mol. The number of hydrogen-bond donors (Lipinski definition) is 1. The van der Waals surface area contributed by atoms with E-state index in [1.54, 1.807) is 7.05 Å². The number of nitrogens with zero attached hydrogens (tertiary/aromatic N) is 2. The molecule has 0 heterocycles. The summed E-state index contributed by atoms with van der Waals surface area (Å²) in [6.07, 6.45) is 0. The third-order valence-corrected chi connectivity index (χ3v) is 2.94. The molecule has 0 atom stereocenters. The molecule has 0 unspecified atom stereocenters. The van der Waals surface area contributed by atoms with Crippen molar-refractivity contribution in [1.82, 2.24) is 10.2 Å². The van der Waals surface area contributed by atoms with Crippen molar-refractivity contribution in [2.45, 2.75) is 6.54 Å². The average molecular weight is 398 g/mol. The van der Waals surface area contributed by atoms with Crippen molar-refractivity contribution in [2.75, 3.05) is 21.1 Å². The van der Waals surface area contributed by atoms with Crippen LogP contribution in [0.25, 0.3) is 0 Å². The molecule has 1 N–H and O–H groups in total. The van der Waals surface area contributed by atoms with E-state index in [2.05, 4.69) is 37.2 Å². The van der Waals surface area contributed by atoms with Crippen LogP contribution in [0.5, 0.6) is 0 Å². The lowest BCUT2D eigenvalue weighted by atomic mass is 10.2. The molecule has 1 aromatic rings. The van der Waals surface area contributed by atoms with Gasteiger partial charge in [0.2, 0.25) is 0 Å². The van der Waals surface area contributed by atoms with Gasteiger partial charge < -0.3 is 10.2 Å². The Hall–Kier alpha value is -0.300. The third-order valence-electron chi connectivity index (χ3n) is 2.16. The maximum atomic E-state index is 4.15. The van der Waals surface area contributed by atoms with Gasteiger partial charge in [-0.2, -0.15) is 0 Å². The summed E-state index contributed by atoms with van der Waals surface area (Å²) in [4.78, 5) is 6.22. The summed E-state index contributed by atoms with van der Waals surface area (Å²) in [6, 6.07) is 8.20. The van der Waals surface area contributed by atoms with Crippen LogP contribution in [0, 0.1) is 0 Å². The van der Waals surface area contributed by atoms with Crippen LogP contribution in [-0.4, -0.2) is 32.0 Å². The zero-order valence-electron chi connectivity index (χ0n) is 9.70. The van der Waals surface area contributed by atoms with E-state index in [4.69, 9.17) is 0 Å². The molecule has 16 heavy (non-hydrogen) atoms. The van der Waals surface area contributed by atoms with E-state index >= 15 is 0 Å². The Morgan fingerprint density at radius 3 is 2.56 bits per heavy atom. The van der Waals surface area contributed by atoms with Gasteiger partial charge in [-0.05, 0) is 11.6 Å². The molecule has 0 amide bonds. The highest BCUT2D eigenvalue weighted by atomic mass is 127. The van der Waals surface area contributed by atoms with Gasteiger partial charge in [0.25, 0.3) is 0 Å². The number of rotatable bonds is 2. The number of nitrogens with one attached hydrogen (secondary N) is 1. The zero-order chi connectivity index (χ0) is 11.3. The van der Waals surface area contributed by atoms with Crippen LogP contribution < -0.4 is 5.32 Å². The minimum absolute atomic E-state index is 0. The number of hydrogen-bond acceptors (Lipinski definition) is 1. The van der Waals surface area contributed by atoms with Crippen LogP contribution in [0.4, 0.5) is 0 Å². The topological polar surface area (TPSA) is 27.6 Å². The van der Waals surface area contributed by atoms with Crippen molar-refractivity contribution >= 4 is 45.9 Å². The lowest BCUT2D eigenvalue weighted by molar-refractivity contribution is 0.482. The second-order valence-electron chi connectivity index (χ2n) is 3.24. The van der Waals surface area contributed by atoms with Crippen LogP contribution in [-0.2, 0) is 6.54 Å². The van der Waals surface area contributed by atoms with Crippen LogP contribution in [0.1, 0.15) is 5.56 Å². The van der Waals surface area contributed by atoms with E-state index in [9.17, 15) is 0 Å². The molecule has 0 radical (unpaired) electrons. The Morgan fingerprint density at radius 1 is 1.44 bits per heavy atom. The SMILES string of the molecule is CN=C(NC)N(C)Cc1ccccc1Br.I. The Morgan fingerprint density at radius 2 is 2.06 bits per heavy atom. The highest BCUT2D eigenvalue weighted by Gasteiger charge is 2.06. The van der Waals surface area contributed by atoms with Gasteiger partial charge >= 0.3 is 0 Å². The summed E-state index contributed by atoms with van der Waals surface area (Å²) in [5, 5.41) is 3.05. The first kappa shape index (κ1) is 15.7. The van der Waals surface area contributed by atoms with Crippen molar-refractivity contribution in [1.29, 1.82) is 0 Å². The standard InChI is InChI=1S/C11H16BrN3.HI/c1-13-11(14-2)15(3)8-9-6-4-5-7-10(9)12;/h4-7H,8H2,1-3H3,(H,13,14);1H. The number of aliphatic imine (C=N–C) groups is 1. The second kappa shape index (κ2) is 7.89. The molecule has 1 aromatic carbocycles. The predicted octanol–water partition coefficient (Wildman–Crippen LogP) is 2.70. The average Bonchev–Trinajstić information content (AvgIpc) is 2.23. The molecule has 0 aromatic heterocycles. The van der Waals surface area contributed by atoms with Gasteiger partial charge in [-0.15, -0.1) is 24.0 Å². The highest BCUT2D eigenvalue weighted by molar-refractivity contribution is 14.0.